The van der Waals surface area contributed by atoms with Crippen molar-refractivity contribution < 1.29 is 9.47 Å². The van der Waals surface area contributed by atoms with E-state index in [0.29, 0.717) is 5.95 Å². The summed E-state index contributed by atoms with van der Waals surface area (Å²) in [5.41, 5.74) is 1.78. The summed E-state index contributed by atoms with van der Waals surface area (Å²) in [4.78, 5) is 8.85. The van der Waals surface area contributed by atoms with Gasteiger partial charge in [-0.1, -0.05) is 6.92 Å². The van der Waals surface area contributed by atoms with Gasteiger partial charge in [0.15, 0.2) is 11.5 Å². The smallest absolute Gasteiger partial charge is 0.231 e. The zero-order chi connectivity index (χ0) is 14.7. The maximum atomic E-state index is 5.36. The largest absolute Gasteiger partial charge is 0.454 e. The Labute approximate surface area is 123 Å². The molecule has 1 aliphatic rings. The second-order valence-electron chi connectivity index (χ2n) is 4.84. The van der Waals surface area contributed by atoms with E-state index in [2.05, 4.69) is 27.5 Å². The van der Waals surface area contributed by atoms with Gasteiger partial charge in [-0.2, -0.15) is 4.98 Å². The molecule has 0 unspecified atom stereocenters. The molecule has 3 rings (SSSR count). The zero-order valence-corrected chi connectivity index (χ0v) is 12.1. The summed E-state index contributed by atoms with van der Waals surface area (Å²) in [7, 11) is 0. The molecule has 0 fully saturated rings. The molecule has 6 nitrogen and oxygen atoms in total. The van der Waals surface area contributed by atoms with E-state index in [0.717, 1.165) is 41.7 Å². The third kappa shape index (κ3) is 3.16. The van der Waals surface area contributed by atoms with Gasteiger partial charge in [0.25, 0.3) is 0 Å². The zero-order valence-electron chi connectivity index (χ0n) is 12.1. The lowest BCUT2D eigenvalue weighted by Gasteiger charge is -2.09. The molecule has 0 radical (unpaired) electrons. The molecule has 2 N–H and O–H groups in total. The number of ether oxygens (including phenoxy) is 2. The van der Waals surface area contributed by atoms with Gasteiger partial charge in [0, 0.05) is 30.1 Å². The number of hydrogen-bond donors (Lipinski definition) is 2. The summed E-state index contributed by atoms with van der Waals surface area (Å²) in [6.45, 7) is 5.22. The average Bonchev–Trinajstić information content (AvgIpc) is 2.92. The van der Waals surface area contributed by atoms with Gasteiger partial charge in [0.05, 0.1) is 0 Å². The van der Waals surface area contributed by atoms with Crippen LogP contribution in [0.4, 0.5) is 17.5 Å². The van der Waals surface area contributed by atoms with E-state index in [9.17, 15) is 0 Å². The summed E-state index contributed by atoms with van der Waals surface area (Å²) >= 11 is 0. The Bertz CT molecular complexity index is 646. The van der Waals surface area contributed by atoms with Gasteiger partial charge < -0.3 is 20.1 Å². The highest BCUT2D eigenvalue weighted by atomic mass is 16.7. The van der Waals surface area contributed by atoms with Crippen LogP contribution in [0.5, 0.6) is 11.5 Å². The van der Waals surface area contributed by atoms with Gasteiger partial charge in [-0.25, -0.2) is 4.98 Å². The van der Waals surface area contributed by atoms with Crippen LogP contribution < -0.4 is 20.1 Å². The predicted octanol–water partition coefficient (Wildman–Crippen LogP) is 3.08. The fourth-order valence-corrected chi connectivity index (χ4v) is 2.07. The Morgan fingerprint density at radius 1 is 1.14 bits per heavy atom. The van der Waals surface area contributed by atoms with Crippen molar-refractivity contribution in [1.29, 1.82) is 0 Å². The van der Waals surface area contributed by atoms with Crippen LogP contribution in [0, 0.1) is 6.92 Å². The van der Waals surface area contributed by atoms with Gasteiger partial charge in [-0.3, -0.25) is 0 Å². The van der Waals surface area contributed by atoms with E-state index in [-0.39, 0.29) is 6.79 Å². The Morgan fingerprint density at radius 2 is 2.00 bits per heavy atom. The molecule has 0 saturated carbocycles. The predicted molar refractivity (Wildman–Crippen MR) is 81.4 cm³/mol. The Hall–Kier alpha value is -2.50. The number of anilines is 3. The van der Waals surface area contributed by atoms with Crippen molar-refractivity contribution in [3.63, 3.8) is 0 Å². The molecule has 1 aromatic heterocycles. The summed E-state index contributed by atoms with van der Waals surface area (Å²) in [6.07, 6.45) is 1.05. The van der Waals surface area contributed by atoms with Crippen LogP contribution in [0.15, 0.2) is 24.3 Å². The van der Waals surface area contributed by atoms with Crippen molar-refractivity contribution in [3.8, 4) is 11.5 Å². The highest BCUT2D eigenvalue weighted by Crippen LogP contribution is 2.34. The van der Waals surface area contributed by atoms with Crippen LogP contribution in [0.25, 0.3) is 0 Å². The van der Waals surface area contributed by atoms with Crippen molar-refractivity contribution in [3.05, 3.63) is 30.0 Å². The number of aromatic nitrogens is 2. The van der Waals surface area contributed by atoms with Crippen LogP contribution >= 0.6 is 0 Å². The van der Waals surface area contributed by atoms with Gasteiger partial charge >= 0.3 is 0 Å². The van der Waals surface area contributed by atoms with Crippen LogP contribution in [-0.4, -0.2) is 23.3 Å². The second-order valence-corrected chi connectivity index (χ2v) is 4.84. The number of nitrogens with zero attached hydrogens (tertiary/aromatic N) is 2. The van der Waals surface area contributed by atoms with E-state index in [1.54, 1.807) is 0 Å². The average molecular weight is 286 g/mol. The number of rotatable bonds is 5. The molecule has 0 amide bonds. The Morgan fingerprint density at radius 3 is 2.86 bits per heavy atom. The lowest BCUT2D eigenvalue weighted by Crippen LogP contribution is -2.06. The molecule has 1 aromatic carbocycles. The van der Waals surface area contributed by atoms with E-state index in [1.807, 2.05) is 31.2 Å². The topological polar surface area (TPSA) is 68.3 Å². The SMILES string of the molecule is CCCNc1cc(C)nc(Nc2ccc3c(c2)OCO3)n1. The molecule has 1 aliphatic heterocycles. The van der Waals surface area contributed by atoms with Crippen LogP contribution in [-0.2, 0) is 0 Å². The molecular weight excluding hydrogens is 268 g/mol. The summed E-state index contributed by atoms with van der Waals surface area (Å²) < 4.78 is 10.7. The molecule has 2 heterocycles. The number of hydrogen-bond acceptors (Lipinski definition) is 6. The van der Waals surface area contributed by atoms with E-state index < -0.39 is 0 Å². The van der Waals surface area contributed by atoms with Crippen molar-refractivity contribution in [2.24, 2.45) is 0 Å². The van der Waals surface area contributed by atoms with Crippen LogP contribution in [0.1, 0.15) is 19.0 Å². The highest BCUT2D eigenvalue weighted by molar-refractivity contribution is 5.61. The second kappa shape index (κ2) is 5.87. The molecule has 110 valence electrons. The number of aryl methyl sites for hydroxylation is 1. The first-order chi connectivity index (χ1) is 10.2. The quantitative estimate of drug-likeness (QED) is 0.880. The lowest BCUT2D eigenvalue weighted by atomic mass is 10.3. The van der Waals surface area contributed by atoms with Crippen LogP contribution in [0.2, 0.25) is 0 Å². The standard InChI is InChI=1S/C15H18N4O2/c1-3-6-16-14-7-10(2)17-15(19-14)18-11-4-5-12-13(8-11)21-9-20-12/h4-5,7-8H,3,6,9H2,1-2H3,(H2,16,17,18,19). The first kappa shape index (κ1) is 13.5. The minimum atomic E-state index is 0.269. The third-order valence-corrected chi connectivity index (χ3v) is 3.04. The van der Waals surface area contributed by atoms with E-state index in [1.165, 1.54) is 0 Å². The van der Waals surface area contributed by atoms with Gasteiger partial charge in [-0.05, 0) is 25.5 Å². The molecule has 0 saturated heterocycles. The Kier molecular flexibility index (Phi) is 3.77. The van der Waals surface area contributed by atoms with Gasteiger partial charge in [0.1, 0.15) is 5.82 Å². The van der Waals surface area contributed by atoms with Crippen molar-refractivity contribution in [2.45, 2.75) is 20.3 Å². The number of fused-ring (bicyclic) bond motifs is 1. The lowest BCUT2D eigenvalue weighted by molar-refractivity contribution is 0.174. The van der Waals surface area contributed by atoms with E-state index >= 15 is 0 Å². The maximum Gasteiger partial charge on any atom is 0.231 e. The van der Waals surface area contributed by atoms with Crippen LogP contribution in [0.3, 0.4) is 0 Å². The fraction of sp³-hybridized carbons (Fsp3) is 0.333. The monoisotopic (exact) mass is 286 g/mol. The van der Waals surface area contributed by atoms with Crippen molar-refractivity contribution >= 4 is 17.5 Å². The Balaban J connectivity index is 1.79. The minimum Gasteiger partial charge on any atom is -0.454 e. The molecule has 0 spiro atoms. The maximum absolute atomic E-state index is 5.36. The molecule has 0 atom stereocenters. The van der Waals surface area contributed by atoms with Crippen molar-refractivity contribution in [1.82, 2.24) is 9.97 Å². The number of benzene rings is 1. The molecule has 2 aromatic rings. The molecule has 0 bridgehead atoms. The molecular formula is C15H18N4O2. The third-order valence-electron chi connectivity index (χ3n) is 3.04. The van der Waals surface area contributed by atoms with Crippen molar-refractivity contribution in [2.75, 3.05) is 24.0 Å². The summed E-state index contributed by atoms with van der Waals surface area (Å²) in [5.74, 6) is 2.88. The highest BCUT2D eigenvalue weighted by Gasteiger charge is 2.13. The molecule has 21 heavy (non-hydrogen) atoms. The van der Waals surface area contributed by atoms with E-state index in [4.69, 9.17) is 9.47 Å². The molecule has 0 aliphatic carbocycles. The first-order valence-electron chi connectivity index (χ1n) is 7.01. The fourth-order valence-electron chi connectivity index (χ4n) is 2.07. The van der Waals surface area contributed by atoms with Gasteiger partial charge in [0.2, 0.25) is 12.7 Å². The molecule has 6 heteroatoms. The first-order valence-corrected chi connectivity index (χ1v) is 7.01. The number of nitrogens with one attached hydrogen (secondary N) is 2. The summed E-state index contributed by atoms with van der Waals surface area (Å²) in [6, 6.07) is 7.60. The summed E-state index contributed by atoms with van der Waals surface area (Å²) in [5, 5.41) is 6.46. The minimum absolute atomic E-state index is 0.269. The normalized spacial score (nSPS) is 12.3. The van der Waals surface area contributed by atoms with Gasteiger partial charge in [-0.15, -0.1) is 0 Å².